The van der Waals surface area contributed by atoms with E-state index in [1.54, 1.807) is 6.33 Å². The molecule has 1 heterocycles. The Morgan fingerprint density at radius 3 is 2.76 bits per heavy atom. The summed E-state index contributed by atoms with van der Waals surface area (Å²) >= 11 is 0. The van der Waals surface area contributed by atoms with Crippen LogP contribution in [0.25, 0.3) is 11.0 Å². The number of fused-ring (bicyclic) bond motifs is 1. The molecule has 0 saturated heterocycles. The van der Waals surface area contributed by atoms with Crippen molar-refractivity contribution in [2.24, 2.45) is 0 Å². The van der Waals surface area contributed by atoms with Gasteiger partial charge in [-0.15, -0.1) is 0 Å². The number of urea groups is 1. The first kappa shape index (κ1) is 14.8. The number of hydrogen-bond donors (Lipinski definition) is 3. The van der Waals surface area contributed by atoms with Gasteiger partial charge in [-0.05, 0) is 18.6 Å². The lowest BCUT2D eigenvalue weighted by Crippen LogP contribution is -2.37. The number of aromatic nitrogens is 2. The Kier molecular flexibility index (Phi) is 5.14. The van der Waals surface area contributed by atoms with Crippen LogP contribution in [0.1, 0.15) is 12.8 Å². The van der Waals surface area contributed by atoms with E-state index >= 15 is 0 Å². The van der Waals surface area contributed by atoms with Gasteiger partial charge in [0.2, 0.25) is 0 Å². The molecule has 0 saturated carbocycles. The maximum atomic E-state index is 11.4. The van der Waals surface area contributed by atoms with Crippen LogP contribution < -0.4 is 10.6 Å². The zero-order valence-corrected chi connectivity index (χ0v) is 11.6. The van der Waals surface area contributed by atoms with E-state index in [1.807, 2.05) is 28.8 Å². The minimum atomic E-state index is -0.928. The third-order valence-corrected chi connectivity index (χ3v) is 3.01. The van der Waals surface area contributed by atoms with E-state index in [0.29, 0.717) is 6.54 Å². The van der Waals surface area contributed by atoms with E-state index in [1.165, 1.54) is 0 Å². The van der Waals surface area contributed by atoms with Crippen molar-refractivity contribution in [3.63, 3.8) is 0 Å². The standard InChI is InChI=1S/C14H18N4O3/c19-13(20)6-8-16-14(21)15-7-3-9-18-10-17-11-4-1-2-5-12(11)18/h1-2,4-5,10H,3,6-9H2,(H,19,20)(H2,15,16,21). The fourth-order valence-electron chi connectivity index (χ4n) is 1.99. The van der Waals surface area contributed by atoms with Gasteiger partial charge >= 0.3 is 12.0 Å². The van der Waals surface area contributed by atoms with Gasteiger partial charge in [0, 0.05) is 19.6 Å². The van der Waals surface area contributed by atoms with E-state index in [-0.39, 0.29) is 19.0 Å². The summed E-state index contributed by atoms with van der Waals surface area (Å²) in [5.74, 6) is -0.928. The summed E-state index contributed by atoms with van der Waals surface area (Å²) in [6.45, 7) is 1.41. The minimum Gasteiger partial charge on any atom is -0.481 e. The molecule has 3 N–H and O–H groups in total. The number of aryl methyl sites for hydroxylation is 1. The van der Waals surface area contributed by atoms with Crippen molar-refractivity contribution in [3.8, 4) is 0 Å². The molecule has 1 aromatic carbocycles. The Balaban J connectivity index is 1.68. The number of carboxylic acid groups (broad SMARTS) is 1. The molecule has 0 aliphatic carbocycles. The summed E-state index contributed by atoms with van der Waals surface area (Å²) in [6.07, 6.45) is 2.48. The summed E-state index contributed by atoms with van der Waals surface area (Å²) in [5, 5.41) is 13.6. The number of carboxylic acids is 1. The first-order valence-electron chi connectivity index (χ1n) is 6.80. The van der Waals surface area contributed by atoms with Crippen LogP contribution in [0.3, 0.4) is 0 Å². The molecule has 0 atom stereocenters. The normalized spacial score (nSPS) is 10.5. The highest BCUT2D eigenvalue weighted by Gasteiger charge is 2.03. The topological polar surface area (TPSA) is 96.3 Å². The fourth-order valence-corrected chi connectivity index (χ4v) is 1.99. The molecule has 0 spiro atoms. The predicted octanol–water partition coefficient (Wildman–Crippen LogP) is 1.20. The van der Waals surface area contributed by atoms with Crippen LogP contribution in [0.5, 0.6) is 0 Å². The van der Waals surface area contributed by atoms with Gasteiger partial charge in [0.05, 0.1) is 23.8 Å². The van der Waals surface area contributed by atoms with Crippen molar-refractivity contribution in [1.82, 2.24) is 20.2 Å². The molecule has 0 fully saturated rings. The summed E-state index contributed by atoms with van der Waals surface area (Å²) < 4.78 is 2.04. The first-order valence-corrected chi connectivity index (χ1v) is 6.80. The predicted molar refractivity (Wildman–Crippen MR) is 78.0 cm³/mol. The lowest BCUT2D eigenvalue weighted by Gasteiger charge is -2.07. The molecular weight excluding hydrogens is 272 g/mol. The lowest BCUT2D eigenvalue weighted by molar-refractivity contribution is -0.136. The van der Waals surface area contributed by atoms with Crippen LogP contribution in [0.2, 0.25) is 0 Å². The number of para-hydroxylation sites is 2. The second-order valence-electron chi connectivity index (χ2n) is 4.61. The molecule has 0 bridgehead atoms. The second kappa shape index (κ2) is 7.28. The molecule has 0 aliphatic rings. The number of aliphatic carboxylic acids is 1. The summed E-state index contributed by atoms with van der Waals surface area (Å²) in [4.78, 5) is 26.0. The van der Waals surface area contributed by atoms with Gasteiger partial charge in [-0.25, -0.2) is 9.78 Å². The largest absolute Gasteiger partial charge is 0.481 e. The number of benzene rings is 1. The first-order chi connectivity index (χ1) is 10.2. The number of nitrogens with one attached hydrogen (secondary N) is 2. The summed E-state index contributed by atoms with van der Waals surface area (Å²) in [6, 6.07) is 7.54. The summed E-state index contributed by atoms with van der Waals surface area (Å²) in [7, 11) is 0. The number of nitrogens with zero attached hydrogens (tertiary/aromatic N) is 2. The molecule has 21 heavy (non-hydrogen) atoms. The number of amides is 2. The van der Waals surface area contributed by atoms with Crippen molar-refractivity contribution < 1.29 is 14.7 Å². The third kappa shape index (κ3) is 4.48. The van der Waals surface area contributed by atoms with Crippen LogP contribution in [-0.2, 0) is 11.3 Å². The summed E-state index contributed by atoms with van der Waals surface area (Å²) in [5.41, 5.74) is 2.03. The molecule has 7 heteroatoms. The smallest absolute Gasteiger partial charge is 0.314 e. The zero-order chi connectivity index (χ0) is 15.1. The van der Waals surface area contributed by atoms with Crippen LogP contribution in [-0.4, -0.2) is 39.7 Å². The van der Waals surface area contributed by atoms with Crippen LogP contribution in [0, 0.1) is 0 Å². The molecular formula is C14H18N4O3. The van der Waals surface area contributed by atoms with E-state index in [4.69, 9.17) is 5.11 Å². The van der Waals surface area contributed by atoms with Crippen molar-refractivity contribution in [3.05, 3.63) is 30.6 Å². The monoisotopic (exact) mass is 290 g/mol. The fraction of sp³-hybridized carbons (Fsp3) is 0.357. The minimum absolute atomic E-state index is 0.0750. The molecule has 112 valence electrons. The molecule has 2 rings (SSSR count). The van der Waals surface area contributed by atoms with Crippen molar-refractivity contribution in [2.75, 3.05) is 13.1 Å². The SMILES string of the molecule is O=C(O)CCNC(=O)NCCCn1cnc2ccccc21. The lowest BCUT2D eigenvalue weighted by atomic mass is 10.3. The number of carbonyl (C=O) groups excluding carboxylic acids is 1. The number of hydrogen-bond acceptors (Lipinski definition) is 3. The third-order valence-electron chi connectivity index (χ3n) is 3.01. The molecule has 0 radical (unpaired) electrons. The van der Waals surface area contributed by atoms with Crippen LogP contribution >= 0.6 is 0 Å². The molecule has 2 aromatic rings. The molecule has 0 aliphatic heterocycles. The van der Waals surface area contributed by atoms with Gasteiger partial charge in [0.15, 0.2) is 0 Å². The maximum absolute atomic E-state index is 11.4. The van der Waals surface area contributed by atoms with Gasteiger partial charge in [-0.1, -0.05) is 12.1 Å². The van der Waals surface area contributed by atoms with E-state index in [9.17, 15) is 9.59 Å². The van der Waals surface area contributed by atoms with Gasteiger partial charge in [-0.3, -0.25) is 4.79 Å². The van der Waals surface area contributed by atoms with E-state index in [0.717, 1.165) is 24.0 Å². The van der Waals surface area contributed by atoms with E-state index in [2.05, 4.69) is 15.6 Å². The average Bonchev–Trinajstić information content (AvgIpc) is 2.86. The number of rotatable bonds is 7. The zero-order valence-electron chi connectivity index (χ0n) is 11.6. The number of imidazole rings is 1. The molecule has 0 unspecified atom stereocenters. The van der Waals surface area contributed by atoms with Crippen molar-refractivity contribution in [2.45, 2.75) is 19.4 Å². The second-order valence-corrected chi connectivity index (χ2v) is 4.61. The van der Waals surface area contributed by atoms with Gasteiger partial charge in [0.1, 0.15) is 0 Å². The van der Waals surface area contributed by atoms with E-state index < -0.39 is 5.97 Å². The van der Waals surface area contributed by atoms with Gasteiger partial charge in [0.25, 0.3) is 0 Å². The Labute approximate surface area is 122 Å². The molecule has 7 nitrogen and oxygen atoms in total. The highest BCUT2D eigenvalue weighted by molar-refractivity contribution is 5.75. The molecule has 2 amide bonds. The molecule has 1 aromatic heterocycles. The Morgan fingerprint density at radius 2 is 1.95 bits per heavy atom. The Morgan fingerprint density at radius 1 is 1.19 bits per heavy atom. The van der Waals surface area contributed by atoms with Crippen molar-refractivity contribution >= 4 is 23.0 Å². The van der Waals surface area contributed by atoms with Gasteiger partial charge < -0.3 is 20.3 Å². The van der Waals surface area contributed by atoms with Gasteiger partial charge in [-0.2, -0.15) is 0 Å². The quantitative estimate of drug-likeness (QED) is 0.668. The van der Waals surface area contributed by atoms with Crippen LogP contribution in [0.15, 0.2) is 30.6 Å². The maximum Gasteiger partial charge on any atom is 0.314 e. The Bertz CT molecular complexity index is 623. The van der Waals surface area contributed by atoms with Crippen molar-refractivity contribution in [1.29, 1.82) is 0 Å². The highest BCUT2D eigenvalue weighted by Crippen LogP contribution is 2.11. The van der Waals surface area contributed by atoms with Crippen LogP contribution in [0.4, 0.5) is 4.79 Å². The Hall–Kier alpha value is -2.57. The average molecular weight is 290 g/mol. The highest BCUT2D eigenvalue weighted by atomic mass is 16.4. The number of carbonyl (C=O) groups is 2.